The largest absolute Gasteiger partial charge is 0.478 e. The van der Waals surface area contributed by atoms with Crippen molar-refractivity contribution in [2.75, 3.05) is 18.5 Å². The van der Waals surface area contributed by atoms with Gasteiger partial charge in [-0.1, -0.05) is 6.07 Å². The van der Waals surface area contributed by atoms with Crippen LogP contribution in [0, 0.1) is 5.82 Å². The Hall–Kier alpha value is -1.62. The van der Waals surface area contributed by atoms with Crippen molar-refractivity contribution < 1.29 is 19.0 Å². The van der Waals surface area contributed by atoms with E-state index in [4.69, 9.17) is 9.84 Å². The number of halogens is 1. The molecule has 1 atom stereocenters. The highest BCUT2D eigenvalue weighted by molar-refractivity contribution is 5.94. The predicted octanol–water partition coefficient (Wildman–Crippen LogP) is 2.50. The van der Waals surface area contributed by atoms with E-state index >= 15 is 0 Å². The lowest BCUT2D eigenvalue weighted by Crippen LogP contribution is -2.27. The number of carbonyl (C=O) groups is 1. The van der Waals surface area contributed by atoms with Gasteiger partial charge < -0.3 is 15.2 Å². The van der Waals surface area contributed by atoms with E-state index in [9.17, 15) is 9.18 Å². The Morgan fingerprint density at radius 3 is 3.00 bits per heavy atom. The zero-order valence-corrected chi connectivity index (χ0v) is 9.99. The highest BCUT2D eigenvalue weighted by Crippen LogP contribution is 2.21. The van der Waals surface area contributed by atoms with Crippen LogP contribution >= 0.6 is 0 Å². The van der Waals surface area contributed by atoms with Crippen molar-refractivity contribution >= 4 is 11.7 Å². The smallest absolute Gasteiger partial charge is 0.337 e. The van der Waals surface area contributed by atoms with Crippen molar-refractivity contribution in [1.29, 1.82) is 0 Å². The average molecular weight is 253 g/mol. The van der Waals surface area contributed by atoms with Gasteiger partial charge in [-0.3, -0.25) is 0 Å². The minimum Gasteiger partial charge on any atom is -0.478 e. The van der Waals surface area contributed by atoms with Crippen molar-refractivity contribution in [2.24, 2.45) is 0 Å². The van der Waals surface area contributed by atoms with E-state index in [1.54, 1.807) is 0 Å². The van der Waals surface area contributed by atoms with Crippen LogP contribution in [0.1, 0.15) is 29.6 Å². The molecule has 0 aromatic heterocycles. The second-order valence-electron chi connectivity index (χ2n) is 4.34. The molecule has 1 aliphatic heterocycles. The van der Waals surface area contributed by atoms with E-state index in [0.29, 0.717) is 6.54 Å². The summed E-state index contributed by atoms with van der Waals surface area (Å²) in [4.78, 5) is 11.0. The topological polar surface area (TPSA) is 58.6 Å². The molecule has 0 bridgehead atoms. The summed E-state index contributed by atoms with van der Waals surface area (Å²) in [5.74, 6) is -1.69. The van der Waals surface area contributed by atoms with Crippen molar-refractivity contribution in [3.05, 3.63) is 29.6 Å². The number of nitrogens with one attached hydrogen (secondary N) is 1. The number of ether oxygens (including phenoxy) is 1. The molecule has 2 N–H and O–H groups in total. The molecule has 2 rings (SSSR count). The first-order valence-electron chi connectivity index (χ1n) is 6.06. The molecule has 0 amide bonds. The number of hydrogen-bond acceptors (Lipinski definition) is 3. The summed E-state index contributed by atoms with van der Waals surface area (Å²) >= 11 is 0. The first-order chi connectivity index (χ1) is 8.68. The summed E-state index contributed by atoms with van der Waals surface area (Å²) < 4.78 is 19.1. The monoisotopic (exact) mass is 253 g/mol. The summed E-state index contributed by atoms with van der Waals surface area (Å²) in [6.07, 6.45) is 3.09. The van der Waals surface area contributed by atoms with Crippen LogP contribution in [0.4, 0.5) is 10.1 Å². The van der Waals surface area contributed by atoms with Crippen LogP contribution in [0.15, 0.2) is 18.2 Å². The number of benzene rings is 1. The van der Waals surface area contributed by atoms with Gasteiger partial charge in [0.25, 0.3) is 0 Å². The van der Waals surface area contributed by atoms with Crippen molar-refractivity contribution in [3.8, 4) is 0 Å². The van der Waals surface area contributed by atoms with Crippen LogP contribution in [0.25, 0.3) is 0 Å². The van der Waals surface area contributed by atoms with Gasteiger partial charge in [0.05, 0.1) is 17.4 Å². The van der Waals surface area contributed by atoms with Gasteiger partial charge in [-0.25, -0.2) is 9.18 Å². The molecule has 1 heterocycles. The maximum absolute atomic E-state index is 13.6. The maximum Gasteiger partial charge on any atom is 0.337 e. The zero-order chi connectivity index (χ0) is 13.0. The fourth-order valence-corrected chi connectivity index (χ4v) is 2.07. The SMILES string of the molecule is O=C(O)c1cccc(F)c1NCC1CCCCO1. The normalized spacial score (nSPS) is 19.5. The Balaban J connectivity index is 2.05. The summed E-state index contributed by atoms with van der Waals surface area (Å²) in [6, 6.07) is 4.02. The van der Waals surface area contributed by atoms with Crippen molar-refractivity contribution in [1.82, 2.24) is 0 Å². The standard InChI is InChI=1S/C13H16FNO3/c14-11-6-3-5-10(13(16)17)12(11)15-8-9-4-1-2-7-18-9/h3,5-6,9,15H,1-2,4,7-8H2,(H,16,17). The minimum absolute atomic E-state index is 0.0278. The van der Waals surface area contributed by atoms with Crippen molar-refractivity contribution in [3.63, 3.8) is 0 Å². The first kappa shape index (κ1) is 12.8. The molecule has 98 valence electrons. The third kappa shape index (κ3) is 2.98. The summed E-state index contributed by atoms with van der Waals surface area (Å²) in [7, 11) is 0. The molecule has 1 unspecified atom stereocenters. The van der Waals surface area contributed by atoms with Crippen LogP contribution in [-0.2, 0) is 4.74 Å². The molecule has 5 heteroatoms. The predicted molar refractivity (Wildman–Crippen MR) is 65.4 cm³/mol. The second-order valence-corrected chi connectivity index (χ2v) is 4.34. The second kappa shape index (κ2) is 5.82. The molecule has 1 aromatic rings. The average Bonchev–Trinajstić information content (AvgIpc) is 2.38. The lowest BCUT2D eigenvalue weighted by molar-refractivity contribution is 0.0247. The Morgan fingerprint density at radius 1 is 1.50 bits per heavy atom. The number of para-hydroxylation sites is 1. The Morgan fingerprint density at radius 2 is 2.33 bits per heavy atom. The van der Waals surface area contributed by atoms with E-state index in [1.807, 2.05) is 0 Å². The number of rotatable bonds is 4. The number of hydrogen-bond donors (Lipinski definition) is 2. The fraction of sp³-hybridized carbons (Fsp3) is 0.462. The zero-order valence-electron chi connectivity index (χ0n) is 9.99. The Kier molecular flexibility index (Phi) is 4.15. The minimum atomic E-state index is -1.14. The third-order valence-corrected chi connectivity index (χ3v) is 3.02. The molecule has 0 radical (unpaired) electrons. The molecular formula is C13H16FNO3. The van der Waals surface area contributed by atoms with Crippen LogP contribution in [0.5, 0.6) is 0 Å². The number of carboxylic acid groups (broad SMARTS) is 1. The molecule has 1 saturated heterocycles. The molecule has 4 nitrogen and oxygen atoms in total. The van der Waals surface area contributed by atoms with Crippen LogP contribution in [-0.4, -0.2) is 30.3 Å². The summed E-state index contributed by atoms with van der Waals surface area (Å²) in [5, 5.41) is 11.8. The van der Waals surface area contributed by atoms with Gasteiger partial charge in [-0.2, -0.15) is 0 Å². The van der Waals surface area contributed by atoms with E-state index in [0.717, 1.165) is 25.9 Å². The van der Waals surface area contributed by atoms with E-state index in [-0.39, 0.29) is 17.4 Å². The third-order valence-electron chi connectivity index (χ3n) is 3.02. The van der Waals surface area contributed by atoms with Gasteiger partial charge in [-0.05, 0) is 31.4 Å². The van der Waals surface area contributed by atoms with E-state index in [1.165, 1.54) is 18.2 Å². The van der Waals surface area contributed by atoms with Gasteiger partial charge >= 0.3 is 5.97 Å². The molecule has 1 fully saturated rings. The van der Waals surface area contributed by atoms with Gasteiger partial charge in [0.2, 0.25) is 0 Å². The fourth-order valence-electron chi connectivity index (χ4n) is 2.07. The van der Waals surface area contributed by atoms with Crippen LogP contribution < -0.4 is 5.32 Å². The van der Waals surface area contributed by atoms with E-state index < -0.39 is 11.8 Å². The maximum atomic E-state index is 13.6. The van der Waals surface area contributed by atoms with Gasteiger partial charge in [0.1, 0.15) is 5.82 Å². The number of aromatic carboxylic acids is 1. The van der Waals surface area contributed by atoms with Crippen LogP contribution in [0.2, 0.25) is 0 Å². The van der Waals surface area contributed by atoms with Gasteiger partial charge in [0, 0.05) is 13.2 Å². The molecule has 1 aromatic carbocycles. The highest BCUT2D eigenvalue weighted by Gasteiger charge is 2.17. The molecule has 18 heavy (non-hydrogen) atoms. The molecule has 0 aliphatic carbocycles. The molecule has 0 spiro atoms. The van der Waals surface area contributed by atoms with Crippen molar-refractivity contribution in [2.45, 2.75) is 25.4 Å². The summed E-state index contributed by atoms with van der Waals surface area (Å²) in [5.41, 5.74) is -0.00928. The lowest BCUT2D eigenvalue weighted by atomic mass is 10.1. The quantitative estimate of drug-likeness (QED) is 0.865. The van der Waals surface area contributed by atoms with Gasteiger partial charge in [-0.15, -0.1) is 0 Å². The van der Waals surface area contributed by atoms with Gasteiger partial charge in [0.15, 0.2) is 0 Å². The Bertz CT molecular complexity index is 430. The van der Waals surface area contributed by atoms with E-state index in [2.05, 4.69) is 5.32 Å². The molecular weight excluding hydrogens is 237 g/mol. The molecule has 0 saturated carbocycles. The summed E-state index contributed by atoms with van der Waals surface area (Å²) in [6.45, 7) is 1.15. The molecule has 1 aliphatic rings. The Labute approximate surface area is 105 Å². The lowest BCUT2D eigenvalue weighted by Gasteiger charge is -2.23. The van der Waals surface area contributed by atoms with Crippen LogP contribution in [0.3, 0.4) is 0 Å². The first-order valence-corrected chi connectivity index (χ1v) is 6.06. The highest BCUT2D eigenvalue weighted by atomic mass is 19.1. The number of carboxylic acids is 1. The number of anilines is 1.